The molecule has 0 saturated carbocycles. The van der Waals surface area contributed by atoms with Crippen molar-refractivity contribution in [3.8, 4) is 11.5 Å². The molecule has 2 fully saturated rings. The molecule has 0 radical (unpaired) electrons. The summed E-state index contributed by atoms with van der Waals surface area (Å²) >= 11 is 0. The molecule has 0 spiro atoms. The summed E-state index contributed by atoms with van der Waals surface area (Å²) in [6.45, 7) is 8.15. The van der Waals surface area contributed by atoms with E-state index in [0.29, 0.717) is 25.4 Å². The van der Waals surface area contributed by atoms with Gasteiger partial charge in [-0.15, -0.1) is 0 Å². The van der Waals surface area contributed by atoms with Crippen LogP contribution in [0.4, 0.5) is 9.18 Å². The molecule has 162 valence electrons. The average Bonchev–Trinajstić information content (AvgIpc) is 3.11. The van der Waals surface area contributed by atoms with Gasteiger partial charge in [-0.05, 0) is 43.3 Å². The molecule has 0 unspecified atom stereocenters. The van der Waals surface area contributed by atoms with E-state index in [-0.39, 0.29) is 11.9 Å². The van der Waals surface area contributed by atoms with Gasteiger partial charge in [-0.3, -0.25) is 4.90 Å². The molecule has 0 aliphatic carbocycles. The van der Waals surface area contributed by atoms with E-state index in [1.807, 2.05) is 12.1 Å². The lowest BCUT2D eigenvalue weighted by atomic mass is 10.0. The molecule has 31 heavy (non-hydrogen) atoms. The van der Waals surface area contributed by atoms with Crippen LogP contribution in [0.3, 0.4) is 0 Å². The number of hydrogen-bond donors (Lipinski definition) is 0. The number of nitrogens with zero attached hydrogens (tertiary/aromatic N) is 3. The highest BCUT2D eigenvalue weighted by atomic mass is 19.1. The minimum Gasteiger partial charge on any atom is -0.456 e. The summed E-state index contributed by atoms with van der Waals surface area (Å²) in [7, 11) is 0. The van der Waals surface area contributed by atoms with Crippen LogP contribution in [0, 0.1) is 12.7 Å². The quantitative estimate of drug-likeness (QED) is 0.749. The summed E-state index contributed by atoms with van der Waals surface area (Å²) in [4.78, 5) is 18.1. The number of carbonyl (C=O) groups excluding carboxylic acids is 1. The number of benzene rings is 2. The van der Waals surface area contributed by atoms with Crippen molar-refractivity contribution in [1.82, 2.24) is 14.7 Å². The summed E-state index contributed by atoms with van der Waals surface area (Å²) in [5.41, 5.74) is 3.92. The summed E-state index contributed by atoms with van der Waals surface area (Å²) in [6.07, 6.45) is 1.90. The van der Waals surface area contributed by atoms with Crippen molar-refractivity contribution in [2.75, 3.05) is 52.4 Å². The van der Waals surface area contributed by atoms with Crippen LogP contribution in [0.2, 0.25) is 0 Å². The zero-order chi connectivity index (χ0) is 21.4. The first-order valence-corrected chi connectivity index (χ1v) is 10.8. The van der Waals surface area contributed by atoms with Crippen LogP contribution in [0.5, 0.6) is 11.5 Å². The zero-order valence-corrected chi connectivity index (χ0v) is 17.6. The van der Waals surface area contributed by atoms with Gasteiger partial charge in [-0.25, -0.2) is 9.18 Å². The Kier molecular flexibility index (Phi) is 5.28. The smallest absolute Gasteiger partial charge is 0.409 e. The first-order valence-electron chi connectivity index (χ1n) is 10.8. The fourth-order valence-corrected chi connectivity index (χ4v) is 4.37. The maximum Gasteiger partial charge on any atom is 0.409 e. The first kappa shape index (κ1) is 19.9. The Bertz CT molecular complexity index is 1030. The van der Waals surface area contributed by atoms with E-state index in [2.05, 4.69) is 28.9 Å². The molecule has 0 N–H and O–H groups in total. The van der Waals surface area contributed by atoms with Crippen molar-refractivity contribution < 1.29 is 18.7 Å². The lowest BCUT2D eigenvalue weighted by Gasteiger charge is -2.37. The zero-order valence-electron chi connectivity index (χ0n) is 17.6. The Morgan fingerprint density at radius 1 is 0.968 bits per heavy atom. The van der Waals surface area contributed by atoms with Gasteiger partial charge < -0.3 is 19.3 Å². The molecule has 7 heteroatoms. The van der Waals surface area contributed by atoms with Gasteiger partial charge in [0.1, 0.15) is 23.9 Å². The largest absolute Gasteiger partial charge is 0.456 e. The monoisotopic (exact) mass is 423 g/mol. The van der Waals surface area contributed by atoms with E-state index < -0.39 is 0 Å². The van der Waals surface area contributed by atoms with E-state index in [0.717, 1.165) is 60.9 Å². The van der Waals surface area contributed by atoms with Crippen LogP contribution in [0.15, 0.2) is 36.4 Å². The van der Waals surface area contributed by atoms with Gasteiger partial charge in [0.25, 0.3) is 0 Å². The van der Waals surface area contributed by atoms with Crippen LogP contribution < -0.4 is 4.74 Å². The van der Waals surface area contributed by atoms with Gasteiger partial charge in [0.05, 0.1) is 6.54 Å². The van der Waals surface area contributed by atoms with Crippen LogP contribution in [-0.2, 0) is 4.74 Å². The maximum absolute atomic E-state index is 14.2. The van der Waals surface area contributed by atoms with Gasteiger partial charge in [-0.2, -0.15) is 0 Å². The standard InChI is InChI=1S/C24H26FN3O3/c1-17-2-4-22-18(14-17)15-21(20-16-19(25)3-5-23(20)31-22)27-9-6-26(7-10-27)8-11-28-12-13-30-24(28)29/h2-5,14-16H,6-13H2,1H3. The van der Waals surface area contributed by atoms with Gasteiger partial charge in [-0.1, -0.05) is 11.6 Å². The number of amides is 1. The molecule has 2 saturated heterocycles. The Balaban J connectivity index is 1.35. The lowest BCUT2D eigenvalue weighted by molar-refractivity contribution is 0.142. The number of aryl methyl sites for hydroxylation is 1. The fraction of sp³-hybridized carbons (Fsp3) is 0.375. The molecule has 0 aromatic heterocycles. The predicted molar refractivity (Wildman–Crippen MR) is 116 cm³/mol. The summed E-state index contributed by atoms with van der Waals surface area (Å²) in [6, 6.07) is 10.8. The number of fused-ring (bicyclic) bond motifs is 2. The van der Waals surface area contributed by atoms with E-state index >= 15 is 0 Å². The predicted octanol–water partition coefficient (Wildman–Crippen LogP) is 3.81. The maximum atomic E-state index is 14.2. The highest BCUT2D eigenvalue weighted by Crippen LogP contribution is 2.40. The second-order valence-electron chi connectivity index (χ2n) is 8.24. The van der Waals surface area contributed by atoms with Gasteiger partial charge in [0.2, 0.25) is 0 Å². The van der Waals surface area contributed by atoms with Gasteiger partial charge in [0, 0.05) is 56.1 Å². The van der Waals surface area contributed by atoms with Crippen molar-refractivity contribution in [1.29, 1.82) is 0 Å². The minimum atomic E-state index is -0.272. The van der Waals surface area contributed by atoms with E-state index in [4.69, 9.17) is 9.47 Å². The van der Waals surface area contributed by atoms with Crippen molar-refractivity contribution in [3.05, 3.63) is 58.9 Å². The normalized spacial score (nSPS) is 18.6. The number of hydrogen-bond acceptors (Lipinski definition) is 5. The molecular weight excluding hydrogens is 397 g/mol. The van der Waals surface area contributed by atoms with E-state index in [1.54, 1.807) is 17.0 Å². The minimum absolute atomic E-state index is 0.213. The Hall–Kier alpha value is -3.06. The lowest BCUT2D eigenvalue weighted by Crippen LogP contribution is -2.47. The van der Waals surface area contributed by atoms with Crippen molar-refractivity contribution in [2.24, 2.45) is 0 Å². The molecule has 2 aromatic rings. The highest BCUT2D eigenvalue weighted by molar-refractivity contribution is 5.86. The van der Waals surface area contributed by atoms with Crippen molar-refractivity contribution >= 4 is 17.9 Å². The molecule has 3 heterocycles. The van der Waals surface area contributed by atoms with E-state index in [9.17, 15) is 9.18 Å². The molecule has 0 bridgehead atoms. The first-order chi connectivity index (χ1) is 15.1. The summed E-state index contributed by atoms with van der Waals surface area (Å²) < 4.78 is 25.3. The highest BCUT2D eigenvalue weighted by Gasteiger charge is 2.26. The number of rotatable bonds is 4. The second-order valence-corrected chi connectivity index (χ2v) is 8.24. The third kappa shape index (κ3) is 4.10. The van der Waals surface area contributed by atoms with Gasteiger partial charge >= 0.3 is 6.09 Å². The Labute approximate surface area is 181 Å². The molecule has 3 aliphatic heterocycles. The molecule has 5 rings (SSSR count). The molecule has 1 amide bonds. The Morgan fingerprint density at radius 2 is 1.77 bits per heavy atom. The number of ether oxygens (including phenoxy) is 2. The van der Waals surface area contributed by atoms with Crippen molar-refractivity contribution in [3.63, 3.8) is 0 Å². The van der Waals surface area contributed by atoms with Crippen LogP contribution in [0.25, 0.3) is 11.8 Å². The number of cyclic esters (lactones) is 1. The summed E-state index contributed by atoms with van der Waals surface area (Å²) in [5, 5.41) is 0. The summed E-state index contributed by atoms with van der Waals surface area (Å²) in [5.74, 6) is 1.18. The average molecular weight is 423 g/mol. The fourth-order valence-electron chi connectivity index (χ4n) is 4.37. The number of carbonyl (C=O) groups is 1. The molecular formula is C24H26FN3O3. The van der Waals surface area contributed by atoms with Crippen LogP contribution in [0.1, 0.15) is 16.7 Å². The van der Waals surface area contributed by atoms with Crippen molar-refractivity contribution in [2.45, 2.75) is 6.92 Å². The number of halogens is 1. The Morgan fingerprint density at radius 3 is 2.55 bits per heavy atom. The molecule has 6 nitrogen and oxygen atoms in total. The second kappa shape index (κ2) is 8.23. The van der Waals surface area contributed by atoms with Gasteiger partial charge in [0.15, 0.2) is 0 Å². The third-order valence-corrected chi connectivity index (χ3v) is 6.14. The molecule has 2 aromatic carbocycles. The topological polar surface area (TPSA) is 45.2 Å². The molecule has 3 aliphatic rings. The van der Waals surface area contributed by atoms with E-state index in [1.165, 1.54) is 6.07 Å². The molecule has 0 atom stereocenters. The third-order valence-electron chi connectivity index (χ3n) is 6.14. The SMILES string of the molecule is Cc1ccc2c(c1)C=C(N1CCN(CCN3CCOC3=O)CC1)c1cc(F)ccc1O2. The van der Waals surface area contributed by atoms with Crippen LogP contribution >= 0.6 is 0 Å². The number of piperazine rings is 1. The van der Waals surface area contributed by atoms with Crippen LogP contribution in [-0.4, -0.2) is 73.2 Å².